The summed E-state index contributed by atoms with van der Waals surface area (Å²) < 4.78 is 1.77. The van der Waals surface area contributed by atoms with E-state index >= 15 is 0 Å². The molecule has 0 spiro atoms. The van der Waals surface area contributed by atoms with E-state index in [2.05, 4.69) is 12.1 Å². The van der Waals surface area contributed by atoms with Gasteiger partial charge in [0, 0.05) is 25.5 Å². The standard InChI is InChI=1S/C21H23N3O2S2/c1-23(2)17(25)13-27-21-22-19-18(15-9-6-10-16(15)28-19)20(26)24(21)12-11-14-7-4-3-5-8-14/h3-5,7-8H,6,9-13H2,1-2H3. The molecule has 28 heavy (non-hydrogen) atoms. The van der Waals surface area contributed by atoms with Crippen molar-refractivity contribution in [2.45, 2.75) is 37.4 Å². The fourth-order valence-electron chi connectivity index (χ4n) is 3.51. The maximum Gasteiger partial charge on any atom is 0.263 e. The first kappa shape index (κ1) is 19.2. The molecule has 1 aliphatic rings. The molecule has 4 rings (SSSR count). The largest absolute Gasteiger partial charge is 0.348 e. The average molecular weight is 414 g/mol. The number of amides is 1. The van der Waals surface area contributed by atoms with Crippen LogP contribution in [0.25, 0.3) is 10.2 Å². The van der Waals surface area contributed by atoms with Crippen LogP contribution < -0.4 is 5.56 Å². The number of aryl methyl sites for hydroxylation is 3. The summed E-state index contributed by atoms with van der Waals surface area (Å²) in [5.41, 5.74) is 2.43. The second-order valence-electron chi connectivity index (χ2n) is 7.20. The highest BCUT2D eigenvalue weighted by Gasteiger charge is 2.23. The molecule has 1 aromatic carbocycles. The Kier molecular flexibility index (Phi) is 5.55. The monoisotopic (exact) mass is 413 g/mol. The molecule has 0 saturated carbocycles. The number of carbonyl (C=O) groups is 1. The lowest BCUT2D eigenvalue weighted by Gasteiger charge is -2.14. The van der Waals surface area contributed by atoms with Gasteiger partial charge in [-0.1, -0.05) is 42.1 Å². The molecule has 146 valence electrons. The minimum absolute atomic E-state index is 0.0163. The van der Waals surface area contributed by atoms with Crippen LogP contribution >= 0.6 is 23.1 Å². The highest BCUT2D eigenvalue weighted by atomic mass is 32.2. The van der Waals surface area contributed by atoms with E-state index in [9.17, 15) is 9.59 Å². The number of hydrogen-bond donors (Lipinski definition) is 0. The van der Waals surface area contributed by atoms with Crippen molar-refractivity contribution in [2.75, 3.05) is 19.8 Å². The van der Waals surface area contributed by atoms with Crippen molar-refractivity contribution in [1.82, 2.24) is 14.5 Å². The minimum atomic E-state index is 0.0163. The van der Waals surface area contributed by atoms with Gasteiger partial charge in [-0.25, -0.2) is 4.98 Å². The van der Waals surface area contributed by atoms with E-state index in [0.717, 1.165) is 35.9 Å². The molecule has 0 saturated heterocycles. The molecule has 0 N–H and O–H groups in total. The molecule has 2 heterocycles. The molecule has 0 atom stereocenters. The van der Waals surface area contributed by atoms with Crippen LogP contribution in [-0.2, 0) is 30.6 Å². The van der Waals surface area contributed by atoms with Gasteiger partial charge in [0.05, 0.1) is 11.1 Å². The third-order valence-corrected chi connectivity index (χ3v) is 7.23. The molecule has 1 aliphatic carbocycles. The number of rotatable bonds is 6. The lowest BCUT2D eigenvalue weighted by Crippen LogP contribution is -2.27. The zero-order valence-electron chi connectivity index (χ0n) is 16.1. The lowest BCUT2D eigenvalue weighted by atomic mass is 10.1. The molecule has 2 aromatic heterocycles. The van der Waals surface area contributed by atoms with Gasteiger partial charge in [-0.15, -0.1) is 11.3 Å². The predicted octanol–water partition coefficient (Wildman–Crippen LogP) is 3.37. The molecule has 0 bridgehead atoms. The van der Waals surface area contributed by atoms with Gasteiger partial charge in [0.2, 0.25) is 5.91 Å². The Balaban J connectivity index is 1.72. The number of fused-ring (bicyclic) bond motifs is 3. The second-order valence-corrected chi connectivity index (χ2v) is 9.23. The third kappa shape index (κ3) is 3.73. The number of thioether (sulfide) groups is 1. The summed E-state index contributed by atoms with van der Waals surface area (Å²) in [4.78, 5) is 34.0. The van der Waals surface area contributed by atoms with Gasteiger partial charge in [0.25, 0.3) is 5.56 Å². The molecule has 5 nitrogen and oxygen atoms in total. The summed E-state index contributed by atoms with van der Waals surface area (Å²) in [7, 11) is 3.48. The third-order valence-electron chi connectivity index (χ3n) is 5.08. The van der Waals surface area contributed by atoms with E-state index in [-0.39, 0.29) is 17.2 Å². The number of aromatic nitrogens is 2. The molecule has 0 aliphatic heterocycles. The lowest BCUT2D eigenvalue weighted by molar-refractivity contribution is -0.125. The van der Waals surface area contributed by atoms with Crippen LogP contribution in [-0.4, -0.2) is 40.2 Å². The number of carbonyl (C=O) groups excluding carboxylic acids is 1. The maximum atomic E-state index is 13.4. The smallest absolute Gasteiger partial charge is 0.263 e. The highest BCUT2D eigenvalue weighted by molar-refractivity contribution is 7.99. The van der Waals surface area contributed by atoms with E-state index in [0.29, 0.717) is 11.7 Å². The first-order chi connectivity index (χ1) is 13.5. The number of thiophene rings is 1. The van der Waals surface area contributed by atoms with Gasteiger partial charge < -0.3 is 4.90 Å². The predicted molar refractivity (Wildman–Crippen MR) is 115 cm³/mol. The quantitative estimate of drug-likeness (QED) is 0.459. The van der Waals surface area contributed by atoms with Crippen molar-refractivity contribution in [3.63, 3.8) is 0 Å². The van der Waals surface area contributed by atoms with Crippen LogP contribution in [0.4, 0.5) is 0 Å². The minimum Gasteiger partial charge on any atom is -0.348 e. The van der Waals surface area contributed by atoms with Gasteiger partial charge in [-0.05, 0) is 36.8 Å². The topological polar surface area (TPSA) is 55.2 Å². The van der Waals surface area contributed by atoms with Crippen molar-refractivity contribution in [1.29, 1.82) is 0 Å². The molecule has 1 amide bonds. The fourth-order valence-corrected chi connectivity index (χ4v) is 5.81. The van der Waals surface area contributed by atoms with Gasteiger partial charge in [0.1, 0.15) is 4.83 Å². The van der Waals surface area contributed by atoms with Crippen LogP contribution in [0.1, 0.15) is 22.4 Å². The molecular formula is C21H23N3O2S2. The molecule has 7 heteroatoms. The number of nitrogens with zero attached hydrogens (tertiary/aromatic N) is 3. The Hall–Kier alpha value is -2.12. The van der Waals surface area contributed by atoms with Crippen molar-refractivity contribution in [3.05, 3.63) is 56.7 Å². The normalized spacial score (nSPS) is 13.1. The van der Waals surface area contributed by atoms with E-state index in [1.54, 1.807) is 34.9 Å². The Morgan fingerprint density at radius 2 is 2.04 bits per heavy atom. The maximum absolute atomic E-state index is 13.4. The Morgan fingerprint density at radius 3 is 2.79 bits per heavy atom. The van der Waals surface area contributed by atoms with E-state index < -0.39 is 0 Å². The van der Waals surface area contributed by atoms with Crippen LogP contribution in [0.5, 0.6) is 0 Å². The second kappa shape index (κ2) is 8.09. The van der Waals surface area contributed by atoms with E-state index in [4.69, 9.17) is 4.98 Å². The van der Waals surface area contributed by atoms with Crippen LogP contribution in [0.15, 0.2) is 40.3 Å². The summed E-state index contributed by atoms with van der Waals surface area (Å²) in [6, 6.07) is 10.2. The van der Waals surface area contributed by atoms with Crippen molar-refractivity contribution in [2.24, 2.45) is 0 Å². The Labute approximate surface area is 172 Å². The summed E-state index contributed by atoms with van der Waals surface area (Å²) in [5, 5.41) is 1.44. The summed E-state index contributed by atoms with van der Waals surface area (Å²) >= 11 is 3.00. The first-order valence-electron chi connectivity index (χ1n) is 9.46. The molecule has 0 unspecified atom stereocenters. The van der Waals surface area contributed by atoms with Crippen molar-refractivity contribution >= 4 is 39.2 Å². The van der Waals surface area contributed by atoms with Gasteiger partial charge in [0.15, 0.2) is 5.16 Å². The molecule has 0 fully saturated rings. The molecular weight excluding hydrogens is 390 g/mol. The molecule has 0 radical (unpaired) electrons. The molecule has 3 aromatic rings. The summed E-state index contributed by atoms with van der Waals surface area (Å²) in [6.07, 6.45) is 3.89. The summed E-state index contributed by atoms with van der Waals surface area (Å²) in [5.74, 6) is 0.295. The number of benzene rings is 1. The van der Waals surface area contributed by atoms with Gasteiger partial charge >= 0.3 is 0 Å². The SMILES string of the molecule is CN(C)C(=O)CSc1nc2sc3c(c2c(=O)n1CCc1ccccc1)CCC3. The zero-order chi connectivity index (χ0) is 19.7. The van der Waals surface area contributed by atoms with Gasteiger partial charge in [-0.2, -0.15) is 0 Å². The van der Waals surface area contributed by atoms with Crippen LogP contribution in [0.3, 0.4) is 0 Å². The summed E-state index contributed by atoms with van der Waals surface area (Å²) in [6.45, 7) is 0.564. The van der Waals surface area contributed by atoms with Crippen LogP contribution in [0.2, 0.25) is 0 Å². The van der Waals surface area contributed by atoms with Crippen molar-refractivity contribution in [3.8, 4) is 0 Å². The van der Waals surface area contributed by atoms with E-state index in [1.165, 1.54) is 27.8 Å². The van der Waals surface area contributed by atoms with Crippen molar-refractivity contribution < 1.29 is 4.79 Å². The zero-order valence-corrected chi connectivity index (χ0v) is 17.7. The Bertz CT molecular complexity index is 1070. The van der Waals surface area contributed by atoms with Gasteiger partial charge in [-0.3, -0.25) is 14.2 Å². The highest BCUT2D eigenvalue weighted by Crippen LogP contribution is 2.35. The van der Waals surface area contributed by atoms with E-state index in [1.807, 2.05) is 18.2 Å². The first-order valence-corrected chi connectivity index (χ1v) is 11.3. The Morgan fingerprint density at radius 1 is 1.25 bits per heavy atom. The fraction of sp³-hybridized carbons (Fsp3) is 0.381. The average Bonchev–Trinajstić information content (AvgIpc) is 3.27. The number of hydrogen-bond acceptors (Lipinski definition) is 5. The van der Waals surface area contributed by atoms with Crippen LogP contribution in [0, 0.1) is 0 Å².